The molecule has 1 aliphatic heterocycles. The number of anilines is 1. The fraction of sp³-hybridized carbons (Fsp3) is 0.333. The molecule has 0 bridgehead atoms. The van der Waals surface area contributed by atoms with Crippen LogP contribution in [0.25, 0.3) is 27.6 Å². The molecule has 31 heavy (non-hydrogen) atoms. The number of piperazine rings is 1. The van der Waals surface area contributed by atoms with Gasteiger partial charge in [-0.1, -0.05) is 6.07 Å². The largest absolute Gasteiger partial charge is 0.422 e. The van der Waals surface area contributed by atoms with Crippen molar-refractivity contribution in [1.82, 2.24) is 14.3 Å². The Morgan fingerprint density at radius 2 is 1.87 bits per heavy atom. The highest BCUT2D eigenvalue weighted by Gasteiger charge is 2.18. The molecule has 0 aliphatic carbocycles. The number of benzene rings is 1. The summed E-state index contributed by atoms with van der Waals surface area (Å²) < 4.78 is 7.75. The van der Waals surface area contributed by atoms with Gasteiger partial charge in [-0.05, 0) is 43.5 Å². The van der Waals surface area contributed by atoms with E-state index in [4.69, 9.17) is 9.52 Å². The summed E-state index contributed by atoms with van der Waals surface area (Å²) in [5, 5.41) is 10.6. The summed E-state index contributed by atoms with van der Waals surface area (Å²) in [6.07, 6.45) is 3.94. The number of aliphatic hydroxyl groups is 1. The van der Waals surface area contributed by atoms with Gasteiger partial charge < -0.3 is 18.8 Å². The Morgan fingerprint density at radius 1 is 1.06 bits per heavy atom. The van der Waals surface area contributed by atoms with E-state index in [1.165, 1.54) is 0 Å². The molecule has 7 nitrogen and oxygen atoms in total. The van der Waals surface area contributed by atoms with Crippen molar-refractivity contribution in [2.24, 2.45) is 0 Å². The number of hydrogen-bond acceptors (Lipinski definition) is 6. The Balaban J connectivity index is 1.48. The van der Waals surface area contributed by atoms with E-state index in [0.717, 1.165) is 59.7 Å². The summed E-state index contributed by atoms with van der Waals surface area (Å²) in [5.41, 5.74) is 4.45. The van der Waals surface area contributed by atoms with Gasteiger partial charge in [0.25, 0.3) is 0 Å². The summed E-state index contributed by atoms with van der Waals surface area (Å²) in [5.74, 6) is 0.559. The van der Waals surface area contributed by atoms with Crippen molar-refractivity contribution in [1.29, 1.82) is 0 Å². The lowest BCUT2D eigenvalue weighted by atomic mass is 10.1. The number of hydrogen-bond donors (Lipinski definition) is 1. The first-order chi connectivity index (χ1) is 15.0. The van der Waals surface area contributed by atoms with Crippen molar-refractivity contribution in [3.05, 3.63) is 64.5 Å². The summed E-state index contributed by atoms with van der Waals surface area (Å²) in [4.78, 5) is 21.9. The molecule has 0 spiro atoms. The minimum atomic E-state index is -0.324. The fourth-order valence-corrected chi connectivity index (χ4v) is 4.45. The van der Waals surface area contributed by atoms with Crippen LogP contribution in [0, 0.1) is 13.8 Å². The Bertz CT molecular complexity index is 1320. The van der Waals surface area contributed by atoms with Crippen LogP contribution >= 0.6 is 0 Å². The highest BCUT2D eigenvalue weighted by molar-refractivity contribution is 5.87. The van der Waals surface area contributed by atoms with Crippen molar-refractivity contribution < 1.29 is 9.52 Å². The monoisotopic (exact) mass is 418 g/mol. The van der Waals surface area contributed by atoms with Crippen molar-refractivity contribution in [2.45, 2.75) is 13.8 Å². The maximum Gasteiger partial charge on any atom is 0.344 e. The predicted molar refractivity (Wildman–Crippen MR) is 122 cm³/mol. The van der Waals surface area contributed by atoms with Crippen LogP contribution in [0.4, 0.5) is 5.69 Å². The van der Waals surface area contributed by atoms with Crippen LogP contribution in [-0.4, -0.2) is 58.7 Å². The van der Waals surface area contributed by atoms with Crippen molar-refractivity contribution in [3.8, 4) is 11.3 Å². The Labute approximate surface area is 180 Å². The molecule has 3 aromatic heterocycles. The van der Waals surface area contributed by atoms with Crippen LogP contribution in [0.2, 0.25) is 0 Å². The Hall–Kier alpha value is -3.16. The van der Waals surface area contributed by atoms with Crippen LogP contribution in [0.5, 0.6) is 0 Å². The molecule has 160 valence electrons. The lowest BCUT2D eigenvalue weighted by Crippen LogP contribution is -2.47. The van der Waals surface area contributed by atoms with E-state index in [1.54, 1.807) is 0 Å². The SMILES string of the molecule is Cc1cn2cc(-c3cc4ccc(N5CCN(CCO)CC5)cc4c(=O)o3)cc2c(C)n1. The highest BCUT2D eigenvalue weighted by Crippen LogP contribution is 2.28. The molecule has 5 rings (SSSR count). The Kier molecular flexibility index (Phi) is 5.00. The minimum Gasteiger partial charge on any atom is -0.422 e. The number of aryl methyl sites for hydroxylation is 2. The van der Waals surface area contributed by atoms with Gasteiger partial charge in [0.05, 0.1) is 28.9 Å². The van der Waals surface area contributed by atoms with E-state index in [0.29, 0.717) is 17.7 Å². The van der Waals surface area contributed by atoms with Crippen LogP contribution in [0.3, 0.4) is 0 Å². The van der Waals surface area contributed by atoms with E-state index in [2.05, 4.69) is 20.9 Å². The van der Waals surface area contributed by atoms with Gasteiger partial charge in [0, 0.05) is 56.4 Å². The summed E-state index contributed by atoms with van der Waals surface area (Å²) in [7, 11) is 0. The molecule has 0 saturated carbocycles. The third-order valence-electron chi connectivity index (χ3n) is 6.07. The molecule has 0 unspecified atom stereocenters. The van der Waals surface area contributed by atoms with Gasteiger partial charge in [0.2, 0.25) is 0 Å². The maximum absolute atomic E-state index is 12.8. The van der Waals surface area contributed by atoms with Crippen molar-refractivity contribution in [3.63, 3.8) is 0 Å². The summed E-state index contributed by atoms with van der Waals surface area (Å²) in [6.45, 7) is 8.40. The number of nitrogens with zero attached hydrogens (tertiary/aromatic N) is 4. The number of β-amino-alcohol motifs (C(OH)–C–C–N with tert-alkyl or cyclic N) is 1. The third kappa shape index (κ3) is 3.71. The van der Waals surface area contributed by atoms with E-state index < -0.39 is 0 Å². The maximum atomic E-state index is 12.8. The zero-order valence-electron chi connectivity index (χ0n) is 17.8. The van der Waals surface area contributed by atoms with E-state index >= 15 is 0 Å². The highest BCUT2D eigenvalue weighted by atomic mass is 16.4. The second-order valence-corrected chi connectivity index (χ2v) is 8.21. The zero-order chi connectivity index (χ0) is 21.5. The zero-order valence-corrected chi connectivity index (χ0v) is 17.8. The average molecular weight is 418 g/mol. The lowest BCUT2D eigenvalue weighted by molar-refractivity contribution is 0.189. The van der Waals surface area contributed by atoms with Crippen molar-refractivity contribution in [2.75, 3.05) is 44.2 Å². The molecule has 1 N–H and O–H groups in total. The summed E-state index contributed by atoms with van der Waals surface area (Å²) >= 11 is 0. The number of aliphatic hydroxyl groups excluding tert-OH is 1. The summed E-state index contributed by atoms with van der Waals surface area (Å²) in [6, 6.07) is 9.94. The second-order valence-electron chi connectivity index (χ2n) is 8.21. The van der Waals surface area contributed by atoms with Crippen LogP contribution in [0.1, 0.15) is 11.4 Å². The van der Waals surface area contributed by atoms with Gasteiger partial charge in [0.1, 0.15) is 5.76 Å². The van der Waals surface area contributed by atoms with Gasteiger partial charge in [-0.2, -0.15) is 0 Å². The Morgan fingerprint density at radius 3 is 2.65 bits per heavy atom. The molecular formula is C24H26N4O3. The first-order valence-electron chi connectivity index (χ1n) is 10.6. The molecule has 7 heteroatoms. The average Bonchev–Trinajstić information content (AvgIpc) is 3.19. The van der Waals surface area contributed by atoms with E-state index in [9.17, 15) is 4.79 Å². The van der Waals surface area contributed by atoms with Gasteiger partial charge in [-0.15, -0.1) is 0 Å². The molecule has 1 aliphatic rings. The molecule has 0 amide bonds. The normalized spacial score (nSPS) is 15.3. The molecule has 4 aromatic rings. The standard InChI is InChI=1S/C24H26N4O3/c1-16-14-28-15-19(11-22(28)17(2)25-16)23-12-18-3-4-20(13-21(18)24(30)31-23)27-7-5-26(6-8-27)9-10-29/h3-4,11-15,29H,5-10H2,1-2H3. The van der Waals surface area contributed by atoms with Gasteiger partial charge in [0.15, 0.2) is 0 Å². The molecule has 1 fully saturated rings. The first kappa shape index (κ1) is 19.8. The molecule has 4 heterocycles. The predicted octanol–water partition coefficient (Wildman–Crippen LogP) is 2.84. The molecule has 0 atom stereocenters. The smallest absolute Gasteiger partial charge is 0.344 e. The van der Waals surface area contributed by atoms with Gasteiger partial charge in [-0.25, -0.2) is 4.79 Å². The molecule has 1 saturated heterocycles. The van der Waals surface area contributed by atoms with E-state index in [-0.39, 0.29) is 12.2 Å². The number of fused-ring (bicyclic) bond motifs is 2. The topological polar surface area (TPSA) is 74.2 Å². The third-order valence-corrected chi connectivity index (χ3v) is 6.07. The molecule has 0 radical (unpaired) electrons. The van der Waals surface area contributed by atoms with Crippen LogP contribution < -0.4 is 10.5 Å². The quantitative estimate of drug-likeness (QED) is 0.549. The minimum absolute atomic E-state index is 0.187. The molecule has 1 aromatic carbocycles. The number of aromatic nitrogens is 2. The second kappa shape index (κ2) is 7.83. The van der Waals surface area contributed by atoms with Gasteiger partial charge in [-0.3, -0.25) is 9.88 Å². The fourth-order valence-electron chi connectivity index (χ4n) is 4.45. The van der Waals surface area contributed by atoms with Crippen LogP contribution in [-0.2, 0) is 0 Å². The van der Waals surface area contributed by atoms with Crippen molar-refractivity contribution >= 4 is 22.0 Å². The first-order valence-corrected chi connectivity index (χ1v) is 10.6. The van der Waals surface area contributed by atoms with Crippen LogP contribution in [0.15, 0.2) is 51.9 Å². The number of rotatable bonds is 4. The lowest BCUT2D eigenvalue weighted by Gasteiger charge is -2.35. The van der Waals surface area contributed by atoms with Gasteiger partial charge >= 0.3 is 5.63 Å². The van der Waals surface area contributed by atoms with E-state index in [1.807, 2.05) is 54.9 Å². The molecular weight excluding hydrogens is 392 g/mol.